The summed E-state index contributed by atoms with van der Waals surface area (Å²) in [4.78, 5) is 3.89. The molecule has 1 rings (SSSR count). The van der Waals surface area contributed by atoms with Gasteiger partial charge in [0.2, 0.25) is 0 Å². The van der Waals surface area contributed by atoms with Gasteiger partial charge in [-0.2, -0.15) is 4.37 Å². The van der Waals surface area contributed by atoms with Crippen LogP contribution in [-0.4, -0.2) is 9.36 Å². The molecule has 3 heteroatoms. The van der Waals surface area contributed by atoms with Gasteiger partial charge in [0, 0.05) is 6.42 Å². The van der Waals surface area contributed by atoms with Crippen LogP contribution in [-0.2, 0) is 6.42 Å². The van der Waals surface area contributed by atoms with Crippen LogP contribution in [0.15, 0.2) is 0 Å². The largest absolute Gasteiger partial charge is 0.217 e. The maximum atomic E-state index is 3.98. The van der Waals surface area contributed by atoms with Gasteiger partial charge in [-0.3, -0.25) is 0 Å². The lowest BCUT2D eigenvalue weighted by Gasteiger charge is -1.82. The first-order valence-electron chi connectivity index (χ1n) is 2.62. The summed E-state index contributed by atoms with van der Waals surface area (Å²) in [5.41, 5.74) is 2.70. The van der Waals surface area contributed by atoms with Crippen molar-refractivity contribution in [3.8, 4) is 0 Å². The predicted octanol–water partition coefficient (Wildman–Crippen LogP) is 1.29. The van der Waals surface area contributed by atoms with E-state index >= 15 is 0 Å². The van der Waals surface area contributed by atoms with Gasteiger partial charge in [0.15, 0.2) is 5.51 Å². The number of rotatable bonds is 2. The highest BCUT2D eigenvalue weighted by molar-refractivity contribution is 7.02. The van der Waals surface area contributed by atoms with Gasteiger partial charge < -0.3 is 0 Å². The molecular weight excluding hydrogens is 120 g/mol. The summed E-state index contributed by atoms with van der Waals surface area (Å²) in [5.74, 6) is 0.928. The number of aryl methyl sites for hydroxylation is 1. The van der Waals surface area contributed by atoms with Crippen molar-refractivity contribution >= 4 is 11.5 Å². The van der Waals surface area contributed by atoms with Gasteiger partial charge in [-0.15, -0.1) is 0 Å². The second-order valence-corrected chi connectivity index (χ2v) is 2.10. The molecule has 0 aliphatic rings. The molecule has 0 spiro atoms. The summed E-state index contributed by atoms with van der Waals surface area (Å²) < 4.78 is 3.98. The van der Waals surface area contributed by atoms with Crippen molar-refractivity contribution in [2.45, 2.75) is 19.8 Å². The number of aromatic nitrogens is 2. The Hall–Kier alpha value is -0.440. The fourth-order valence-corrected chi connectivity index (χ4v) is 0.916. The lowest BCUT2D eigenvalue weighted by atomic mass is 10.3. The molecule has 0 atom stereocenters. The molecular formula is C5H7N2S. The van der Waals surface area contributed by atoms with Crippen LogP contribution in [0.3, 0.4) is 0 Å². The van der Waals surface area contributed by atoms with Gasteiger partial charge in [0.25, 0.3) is 0 Å². The summed E-state index contributed by atoms with van der Waals surface area (Å²) in [5, 5.41) is 0. The van der Waals surface area contributed by atoms with Crippen LogP contribution in [0.5, 0.6) is 0 Å². The number of nitrogens with zero attached hydrogens (tertiary/aromatic N) is 2. The maximum Gasteiger partial charge on any atom is 0.174 e. The maximum absolute atomic E-state index is 3.98. The Morgan fingerprint density at radius 1 is 1.75 bits per heavy atom. The van der Waals surface area contributed by atoms with Gasteiger partial charge >= 0.3 is 0 Å². The van der Waals surface area contributed by atoms with E-state index in [1.54, 1.807) is 0 Å². The Labute approximate surface area is 52.7 Å². The van der Waals surface area contributed by atoms with Crippen molar-refractivity contribution in [2.24, 2.45) is 0 Å². The molecule has 0 fully saturated rings. The standard InChI is InChI=1S/C5H7N2S/c1-2-3-5-6-4-8-7-5/h2-3H2,1H3. The molecule has 0 amide bonds. The van der Waals surface area contributed by atoms with Crippen LogP contribution in [0.2, 0.25) is 0 Å². The van der Waals surface area contributed by atoms with Crippen molar-refractivity contribution in [2.75, 3.05) is 0 Å². The zero-order chi connectivity index (χ0) is 5.82. The zero-order valence-electron chi connectivity index (χ0n) is 4.72. The van der Waals surface area contributed by atoms with Crippen molar-refractivity contribution in [3.63, 3.8) is 0 Å². The molecule has 1 heterocycles. The lowest BCUT2D eigenvalue weighted by molar-refractivity contribution is 0.860. The van der Waals surface area contributed by atoms with Gasteiger partial charge in [-0.1, -0.05) is 6.92 Å². The zero-order valence-corrected chi connectivity index (χ0v) is 5.53. The minimum Gasteiger partial charge on any atom is -0.217 e. The molecule has 0 unspecified atom stereocenters. The molecule has 8 heavy (non-hydrogen) atoms. The van der Waals surface area contributed by atoms with E-state index in [1.165, 1.54) is 11.5 Å². The molecule has 0 aromatic carbocycles. The third kappa shape index (κ3) is 1.26. The van der Waals surface area contributed by atoms with Crippen LogP contribution in [0.1, 0.15) is 19.2 Å². The fraction of sp³-hybridized carbons (Fsp3) is 0.600. The van der Waals surface area contributed by atoms with E-state index in [4.69, 9.17) is 0 Å². The van der Waals surface area contributed by atoms with E-state index in [-0.39, 0.29) is 0 Å². The minimum atomic E-state index is 0.928. The average molecular weight is 127 g/mol. The van der Waals surface area contributed by atoms with Crippen LogP contribution in [0.4, 0.5) is 0 Å². The fourth-order valence-electron chi connectivity index (χ4n) is 0.492. The Bertz CT molecular complexity index is 136. The van der Waals surface area contributed by atoms with Crippen molar-refractivity contribution in [1.82, 2.24) is 9.36 Å². The number of hydrogen-bond donors (Lipinski definition) is 0. The third-order valence-corrected chi connectivity index (χ3v) is 1.32. The molecule has 0 saturated carbocycles. The normalized spacial score (nSPS) is 9.62. The third-order valence-electron chi connectivity index (χ3n) is 0.840. The van der Waals surface area contributed by atoms with Crippen LogP contribution < -0.4 is 0 Å². The predicted molar refractivity (Wildman–Crippen MR) is 32.7 cm³/mol. The molecule has 1 radical (unpaired) electrons. The van der Waals surface area contributed by atoms with E-state index in [1.807, 2.05) is 0 Å². The summed E-state index contributed by atoms with van der Waals surface area (Å²) in [6, 6.07) is 0. The summed E-state index contributed by atoms with van der Waals surface area (Å²) >= 11 is 1.29. The van der Waals surface area contributed by atoms with E-state index in [0.717, 1.165) is 18.7 Å². The SMILES string of the molecule is CCCc1n[c]sn1. The Morgan fingerprint density at radius 3 is 3.12 bits per heavy atom. The Kier molecular flexibility index (Phi) is 1.97. The van der Waals surface area contributed by atoms with Crippen LogP contribution in [0.25, 0.3) is 0 Å². The second-order valence-electron chi connectivity index (χ2n) is 1.55. The van der Waals surface area contributed by atoms with Gasteiger partial charge in [0.05, 0.1) is 0 Å². The average Bonchev–Trinajstić information content (AvgIpc) is 2.19. The first kappa shape index (κ1) is 5.69. The summed E-state index contributed by atoms with van der Waals surface area (Å²) in [6.45, 7) is 2.11. The van der Waals surface area contributed by atoms with Crippen molar-refractivity contribution in [3.05, 3.63) is 11.3 Å². The van der Waals surface area contributed by atoms with Crippen molar-refractivity contribution < 1.29 is 0 Å². The quantitative estimate of drug-likeness (QED) is 0.598. The van der Waals surface area contributed by atoms with Gasteiger partial charge in [-0.05, 0) is 18.0 Å². The van der Waals surface area contributed by atoms with E-state index in [9.17, 15) is 0 Å². The van der Waals surface area contributed by atoms with E-state index in [2.05, 4.69) is 21.8 Å². The molecule has 0 bridgehead atoms. The Morgan fingerprint density at radius 2 is 2.62 bits per heavy atom. The molecule has 0 saturated heterocycles. The monoisotopic (exact) mass is 127 g/mol. The van der Waals surface area contributed by atoms with Gasteiger partial charge in [-0.25, -0.2) is 4.98 Å². The highest BCUT2D eigenvalue weighted by Gasteiger charge is 1.91. The van der Waals surface area contributed by atoms with E-state index in [0.29, 0.717) is 0 Å². The molecule has 0 N–H and O–H groups in total. The molecule has 1 aromatic heterocycles. The van der Waals surface area contributed by atoms with Crippen LogP contribution >= 0.6 is 11.5 Å². The second kappa shape index (κ2) is 2.77. The smallest absolute Gasteiger partial charge is 0.174 e. The highest BCUT2D eigenvalue weighted by Crippen LogP contribution is 1.95. The summed E-state index contributed by atoms with van der Waals surface area (Å²) in [7, 11) is 0. The Balaban J connectivity index is 2.50. The van der Waals surface area contributed by atoms with E-state index < -0.39 is 0 Å². The topological polar surface area (TPSA) is 25.8 Å². The van der Waals surface area contributed by atoms with Crippen LogP contribution in [0, 0.1) is 5.51 Å². The molecule has 1 aromatic rings. The lowest BCUT2D eigenvalue weighted by Crippen LogP contribution is -1.83. The molecule has 43 valence electrons. The molecule has 0 aliphatic carbocycles. The highest BCUT2D eigenvalue weighted by atomic mass is 32.1. The van der Waals surface area contributed by atoms with Crippen molar-refractivity contribution in [1.29, 1.82) is 0 Å². The first-order valence-corrected chi connectivity index (χ1v) is 3.39. The minimum absolute atomic E-state index is 0.928. The first-order chi connectivity index (χ1) is 3.93. The molecule has 2 nitrogen and oxygen atoms in total. The molecule has 0 aliphatic heterocycles. The summed E-state index contributed by atoms with van der Waals surface area (Å²) in [6.07, 6.45) is 2.10. The van der Waals surface area contributed by atoms with Gasteiger partial charge in [0.1, 0.15) is 5.82 Å². The number of hydrogen-bond acceptors (Lipinski definition) is 3.